The van der Waals surface area contributed by atoms with E-state index >= 15 is 0 Å². The Kier molecular flexibility index (Phi) is 8.74. The molecule has 7 nitrogen and oxygen atoms in total. The molecule has 4 aromatic rings. The highest BCUT2D eigenvalue weighted by atomic mass is 35.5. The Hall–Kier alpha value is -3.39. The van der Waals surface area contributed by atoms with Gasteiger partial charge in [0.2, 0.25) is 0 Å². The number of carbonyl (C=O) groups is 1. The number of benzene rings is 3. The lowest BCUT2D eigenvalue weighted by Crippen LogP contribution is -2.41. The lowest BCUT2D eigenvalue weighted by molar-refractivity contribution is 0.0673. The number of hydrogen-bond donors (Lipinski definition) is 3. The van der Waals surface area contributed by atoms with Gasteiger partial charge in [-0.2, -0.15) is 5.10 Å². The Balaban J connectivity index is 1.29. The van der Waals surface area contributed by atoms with Crippen molar-refractivity contribution in [2.45, 2.75) is 51.9 Å². The molecule has 1 saturated heterocycles. The highest BCUT2D eigenvalue weighted by molar-refractivity contribution is 6.31. The van der Waals surface area contributed by atoms with Crippen LogP contribution in [0.25, 0.3) is 22.2 Å². The molecule has 210 valence electrons. The third-order valence-electron chi connectivity index (χ3n) is 7.51. The van der Waals surface area contributed by atoms with E-state index in [2.05, 4.69) is 34.3 Å². The molecule has 0 saturated carbocycles. The fraction of sp³-hybridized carbons (Fsp3) is 0.375. The predicted octanol–water partition coefficient (Wildman–Crippen LogP) is 6.23. The van der Waals surface area contributed by atoms with Crippen LogP contribution in [0.15, 0.2) is 66.7 Å². The number of β-amino-alcohol motifs (C(OH)–C–C–N with tert-alkyl or cyclic N) is 1. The smallest absolute Gasteiger partial charge is 0.251 e. The number of piperidine rings is 1. The van der Waals surface area contributed by atoms with Crippen LogP contribution in [-0.2, 0) is 0 Å². The minimum Gasteiger partial charge on any atom is -0.490 e. The third kappa shape index (κ3) is 6.49. The van der Waals surface area contributed by atoms with Crippen molar-refractivity contribution in [1.82, 2.24) is 20.4 Å². The number of H-pyrrole nitrogens is 1. The van der Waals surface area contributed by atoms with Gasteiger partial charge in [0.1, 0.15) is 11.9 Å². The largest absolute Gasteiger partial charge is 0.490 e. The summed E-state index contributed by atoms with van der Waals surface area (Å²) >= 11 is 6.45. The molecule has 2 atom stereocenters. The van der Waals surface area contributed by atoms with Gasteiger partial charge < -0.3 is 20.1 Å². The number of fused-ring (bicyclic) bond motifs is 1. The van der Waals surface area contributed by atoms with E-state index in [1.165, 1.54) is 0 Å². The molecule has 1 amide bonds. The van der Waals surface area contributed by atoms with Crippen LogP contribution in [0.5, 0.6) is 5.75 Å². The summed E-state index contributed by atoms with van der Waals surface area (Å²) in [6.45, 7) is 8.53. The second-order valence-electron chi connectivity index (χ2n) is 11.0. The van der Waals surface area contributed by atoms with E-state index in [0.29, 0.717) is 17.1 Å². The maximum absolute atomic E-state index is 13.3. The van der Waals surface area contributed by atoms with Crippen LogP contribution < -0.4 is 10.1 Å². The second-order valence-corrected chi connectivity index (χ2v) is 11.4. The van der Waals surface area contributed by atoms with Crippen LogP contribution in [-0.4, -0.2) is 58.0 Å². The van der Waals surface area contributed by atoms with E-state index in [4.69, 9.17) is 16.3 Å². The Bertz CT molecular complexity index is 1440. The number of halogens is 1. The van der Waals surface area contributed by atoms with Crippen LogP contribution in [0, 0.1) is 5.92 Å². The van der Waals surface area contributed by atoms with Crippen LogP contribution in [0.2, 0.25) is 5.02 Å². The molecule has 0 bridgehead atoms. The number of carbonyl (C=O) groups excluding carboxylic acids is 1. The van der Waals surface area contributed by atoms with Crippen molar-refractivity contribution in [3.63, 3.8) is 0 Å². The van der Waals surface area contributed by atoms with E-state index in [9.17, 15) is 9.90 Å². The Morgan fingerprint density at radius 2 is 1.82 bits per heavy atom. The zero-order valence-corrected chi connectivity index (χ0v) is 24.0. The molecular weight excluding hydrogens is 524 g/mol. The molecular formula is C32H37ClN4O3. The number of ether oxygens (including phenoxy) is 1. The number of aliphatic hydroxyl groups is 1. The summed E-state index contributed by atoms with van der Waals surface area (Å²) in [4.78, 5) is 15.6. The number of likely N-dealkylation sites (tertiary alicyclic amines) is 1. The third-order valence-corrected chi connectivity index (χ3v) is 7.85. The quantitative estimate of drug-likeness (QED) is 0.226. The summed E-state index contributed by atoms with van der Waals surface area (Å²) in [6, 6.07) is 21.0. The highest BCUT2D eigenvalue weighted by Gasteiger charge is 2.23. The van der Waals surface area contributed by atoms with Gasteiger partial charge in [0.15, 0.2) is 0 Å². The number of nitrogens with zero attached hydrogens (tertiary/aromatic N) is 2. The number of rotatable bonds is 9. The standard InChI is InChI=1S/C32H37ClN4O3/c1-20(2)30(26-6-4-5-7-28(26)33)34-32(39)23-10-13-29-27(18-23)31(36-35-29)22-8-11-24(12-9-22)40-25-14-16-37(17-15-25)19-21(3)38/h4-13,18,20-21,25,30,38H,14-17,19H2,1-3H3,(H,34,39)(H,35,36)/t21-,30-/m0/s1. The maximum atomic E-state index is 13.3. The Morgan fingerprint density at radius 1 is 1.10 bits per heavy atom. The Labute approximate surface area is 240 Å². The van der Waals surface area contributed by atoms with Gasteiger partial charge in [-0.25, -0.2) is 0 Å². The number of aliphatic hydroxyl groups excluding tert-OH is 1. The molecule has 0 aliphatic carbocycles. The fourth-order valence-electron chi connectivity index (χ4n) is 5.40. The first-order chi connectivity index (χ1) is 19.3. The van der Waals surface area contributed by atoms with Crippen LogP contribution >= 0.6 is 11.6 Å². The summed E-state index contributed by atoms with van der Waals surface area (Å²) in [5.74, 6) is 0.836. The SMILES string of the molecule is CC(C)[C@H](NC(=O)c1ccc2[nH]nc(-c3ccc(OC4CCN(C[C@H](C)O)CC4)cc3)c2c1)c1ccccc1Cl. The first-order valence-electron chi connectivity index (χ1n) is 14.0. The topological polar surface area (TPSA) is 90.5 Å². The average molecular weight is 561 g/mol. The van der Waals surface area contributed by atoms with Gasteiger partial charge in [0, 0.05) is 41.2 Å². The normalized spacial score (nSPS) is 16.2. The van der Waals surface area contributed by atoms with E-state index < -0.39 is 0 Å². The summed E-state index contributed by atoms with van der Waals surface area (Å²) in [5.41, 5.74) is 4.07. The zero-order valence-electron chi connectivity index (χ0n) is 23.2. The van der Waals surface area contributed by atoms with Crippen LogP contribution in [0.4, 0.5) is 0 Å². The van der Waals surface area contributed by atoms with Crippen molar-refractivity contribution >= 4 is 28.4 Å². The molecule has 40 heavy (non-hydrogen) atoms. The molecule has 3 aromatic carbocycles. The molecule has 0 spiro atoms. The van der Waals surface area contributed by atoms with E-state index in [-0.39, 0.29) is 30.1 Å². The van der Waals surface area contributed by atoms with E-state index in [1.807, 2.05) is 73.7 Å². The summed E-state index contributed by atoms with van der Waals surface area (Å²) in [7, 11) is 0. The molecule has 1 aliphatic rings. The second kappa shape index (κ2) is 12.4. The molecule has 1 aromatic heterocycles. The lowest BCUT2D eigenvalue weighted by atomic mass is 9.95. The van der Waals surface area contributed by atoms with Gasteiger partial charge in [0.25, 0.3) is 5.91 Å². The number of nitrogens with one attached hydrogen (secondary N) is 2. The van der Waals surface area contributed by atoms with Crippen molar-refractivity contribution in [1.29, 1.82) is 0 Å². The zero-order chi connectivity index (χ0) is 28.2. The molecule has 5 rings (SSSR count). The minimum absolute atomic E-state index is 0.157. The van der Waals surface area contributed by atoms with Gasteiger partial charge in [0.05, 0.1) is 23.4 Å². The molecule has 0 unspecified atom stereocenters. The van der Waals surface area contributed by atoms with Crippen molar-refractivity contribution in [2.24, 2.45) is 5.92 Å². The fourth-order valence-corrected chi connectivity index (χ4v) is 5.65. The molecule has 2 heterocycles. The molecule has 1 aliphatic heterocycles. The average Bonchev–Trinajstić information content (AvgIpc) is 3.36. The van der Waals surface area contributed by atoms with Gasteiger partial charge in [-0.15, -0.1) is 0 Å². The lowest BCUT2D eigenvalue weighted by Gasteiger charge is -2.32. The minimum atomic E-state index is -0.307. The number of amides is 1. The first kappa shape index (κ1) is 28.1. The monoisotopic (exact) mass is 560 g/mol. The summed E-state index contributed by atoms with van der Waals surface area (Å²) in [5, 5.41) is 22.0. The van der Waals surface area contributed by atoms with Crippen LogP contribution in [0.1, 0.15) is 55.6 Å². The van der Waals surface area contributed by atoms with Gasteiger partial charge in [-0.05, 0) is 79.8 Å². The van der Waals surface area contributed by atoms with Crippen molar-refractivity contribution in [3.8, 4) is 17.0 Å². The number of aromatic nitrogens is 2. The van der Waals surface area contributed by atoms with Gasteiger partial charge in [-0.3, -0.25) is 9.89 Å². The Morgan fingerprint density at radius 3 is 2.50 bits per heavy atom. The van der Waals surface area contributed by atoms with E-state index in [1.54, 1.807) is 0 Å². The number of hydrogen-bond acceptors (Lipinski definition) is 5. The predicted molar refractivity (Wildman–Crippen MR) is 160 cm³/mol. The summed E-state index contributed by atoms with van der Waals surface area (Å²) < 4.78 is 6.24. The van der Waals surface area contributed by atoms with Crippen molar-refractivity contribution in [2.75, 3.05) is 19.6 Å². The van der Waals surface area contributed by atoms with Gasteiger partial charge >= 0.3 is 0 Å². The van der Waals surface area contributed by atoms with Gasteiger partial charge in [-0.1, -0.05) is 43.6 Å². The maximum Gasteiger partial charge on any atom is 0.251 e. The van der Waals surface area contributed by atoms with Crippen molar-refractivity contribution < 1.29 is 14.6 Å². The van der Waals surface area contributed by atoms with Crippen molar-refractivity contribution in [3.05, 3.63) is 82.9 Å². The summed E-state index contributed by atoms with van der Waals surface area (Å²) in [6.07, 6.45) is 1.75. The molecule has 8 heteroatoms. The molecule has 3 N–H and O–H groups in total. The van der Waals surface area contributed by atoms with Crippen LogP contribution in [0.3, 0.4) is 0 Å². The number of aromatic amines is 1. The highest BCUT2D eigenvalue weighted by Crippen LogP contribution is 2.31. The van der Waals surface area contributed by atoms with E-state index in [0.717, 1.165) is 59.4 Å². The molecule has 1 fully saturated rings. The molecule has 0 radical (unpaired) electrons. The first-order valence-corrected chi connectivity index (χ1v) is 14.4.